The van der Waals surface area contributed by atoms with E-state index < -0.39 is 0 Å². The summed E-state index contributed by atoms with van der Waals surface area (Å²) in [6.07, 6.45) is 2.43. The number of aromatic nitrogens is 1. The zero-order valence-electron chi connectivity index (χ0n) is 14.4. The van der Waals surface area contributed by atoms with Gasteiger partial charge in [-0.1, -0.05) is 20.8 Å². The monoisotopic (exact) mass is 305 g/mol. The van der Waals surface area contributed by atoms with Crippen LogP contribution in [0.15, 0.2) is 12.1 Å². The molecule has 1 aromatic heterocycles. The largest absolute Gasteiger partial charge is 0.382 e. The number of rotatable bonds is 5. The van der Waals surface area contributed by atoms with E-state index in [2.05, 4.69) is 48.4 Å². The van der Waals surface area contributed by atoms with Gasteiger partial charge in [-0.25, -0.2) is 4.98 Å². The third-order valence-electron chi connectivity index (χ3n) is 4.10. The summed E-state index contributed by atoms with van der Waals surface area (Å²) >= 11 is 0. The Morgan fingerprint density at radius 3 is 2.77 bits per heavy atom. The van der Waals surface area contributed by atoms with Crippen LogP contribution in [0.3, 0.4) is 0 Å². The van der Waals surface area contributed by atoms with Crippen LogP contribution in [0.25, 0.3) is 0 Å². The van der Waals surface area contributed by atoms with Gasteiger partial charge in [0.05, 0.1) is 5.69 Å². The number of piperidine rings is 1. The molecule has 1 atom stereocenters. The summed E-state index contributed by atoms with van der Waals surface area (Å²) in [5, 5.41) is 6.70. The van der Waals surface area contributed by atoms with Crippen molar-refractivity contribution in [3.05, 3.63) is 12.1 Å². The molecule has 4 N–H and O–H groups in total. The van der Waals surface area contributed by atoms with Gasteiger partial charge in [0.15, 0.2) is 5.82 Å². The Hall–Kier alpha value is -1.49. The number of nitrogens with two attached hydrogens (primary N) is 1. The van der Waals surface area contributed by atoms with Crippen LogP contribution in [0.5, 0.6) is 0 Å². The Kier molecular flexibility index (Phi) is 5.51. The first-order valence-corrected chi connectivity index (χ1v) is 8.30. The average Bonchev–Trinajstić information content (AvgIpc) is 2.52. The average molecular weight is 305 g/mol. The first kappa shape index (κ1) is 16.9. The van der Waals surface area contributed by atoms with Gasteiger partial charge in [-0.15, -0.1) is 0 Å². The number of hydrogen-bond donors (Lipinski definition) is 3. The van der Waals surface area contributed by atoms with Crippen molar-refractivity contribution in [1.29, 1.82) is 0 Å². The number of hydrogen-bond acceptors (Lipinski definition) is 5. The highest BCUT2D eigenvalue weighted by molar-refractivity contribution is 5.67. The SMILES string of the molecule is CNc1nc(N2CCCC(CN)C2)ccc1NCC(C)(C)C. The van der Waals surface area contributed by atoms with Gasteiger partial charge in [0.1, 0.15) is 5.82 Å². The molecule has 124 valence electrons. The zero-order chi connectivity index (χ0) is 16.2. The number of pyridine rings is 1. The van der Waals surface area contributed by atoms with Gasteiger partial charge in [-0.3, -0.25) is 0 Å². The Morgan fingerprint density at radius 2 is 2.14 bits per heavy atom. The minimum atomic E-state index is 0.241. The van der Waals surface area contributed by atoms with E-state index >= 15 is 0 Å². The number of anilines is 3. The van der Waals surface area contributed by atoms with Crippen molar-refractivity contribution in [2.75, 3.05) is 48.8 Å². The van der Waals surface area contributed by atoms with E-state index in [1.54, 1.807) is 0 Å². The summed E-state index contributed by atoms with van der Waals surface area (Å²) in [6.45, 7) is 10.4. The van der Waals surface area contributed by atoms with E-state index in [4.69, 9.17) is 10.7 Å². The van der Waals surface area contributed by atoms with Gasteiger partial charge in [0.25, 0.3) is 0 Å². The molecule has 0 radical (unpaired) electrons. The number of nitrogens with zero attached hydrogens (tertiary/aromatic N) is 2. The van der Waals surface area contributed by atoms with Gasteiger partial charge in [0.2, 0.25) is 0 Å². The first-order chi connectivity index (χ1) is 10.4. The van der Waals surface area contributed by atoms with Crippen molar-refractivity contribution in [1.82, 2.24) is 4.98 Å². The molecular weight excluding hydrogens is 274 g/mol. The van der Waals surface area contributed by atoms with E-state index in [0.717, 1.165) is 43.5 Å². The summed E-state index contributed by atoms with van der Waals surface area (Å²) in [5.74, 6) is 2.55. The van der Waals surface area contributed by atoms with Gasteiger partial charge in [-0.2, -0.15) is 0 Å². The molecule has 1 fully saturated rings. The molecule has 0 bridgehead atoms. The third-order valence-corrected chi connectivity index (χ3v) is 4.10. The van der Waals surface area contributed by atoms with Crippen molar-refractivity contribution in [2.24, 2.45) is 17.1 Å². The van der Waals surface area contributed by atoms with Crippen LogP contribution in [-0.4, -0.2) is 38.2 Å². The highest BCUT2D eigenvalue weighted by Crippen LogP contribution is 2.27. The number of nitrogens with one attached hydrogen (secondary N) is 2. The van der Waals surface area contributed by atoms with E-state index in [-0.39, 0.29) is 5.41 Å². The molecular formula is C17H31N5. The molecule has 5 nitrogen and oxygen atoms in total. The van der Waals surface area contributed by atoms with Crippen molar-refractivity contribution >= 4 is 17.3 Å². The quantitative estimate of drug-likeness (QED) is 0.780. The molecule has 0 spiro atoms. The molecule has 2 rings (SSSR count). The van der Waals surface area contributed by atoms with Crippen LogP contribution in [0.4, 0.5) is 17.3 Å². The highest BCUT2D eigenvalue weighted by Gasteiger charge is 2.20. The molecule has 22 heavy (non-hydrogen) atoms. The van der Waals surface area contributed by atoms with Gasteiger partial charge in [-0.05, 0) is 42.9 Å². The van der Waals surface area contributed by atoms with Crippen LogP contribution in [0.1, 0.15) is 33.6 Å². The molecule has 5 heteroatoms. The summed E-state index contributed by atoms with van der Waals surface area (Å²) in [6, 6.07) is 4.25. The lowest BCUT2D eigenvalue weighted by Crippen LogP contribution is -2.38. The maximum atomic E-state index is 5.83. The Balaban J connectivity index is 2.11. The van der Waals surface area contributed by atoms with Crippen molar-refractivity contribution < 1.29 is 0 Å². The van der Waals surface area contributed by atoms with Gasteiger partial charge < -0.3 is 21.3 Å². The van der Waals surface area contributed by atoms with Crippen molar-refractivity contribution in [3.63, 3.8) is 0 Å². The van der Waals surface area contributed by atoms with Crippen LogP contribution < -0.4 is 21.3 Å². The highest BCUT2D eigenvalue weighted by atomic mass is 15.2. The molecule has 0 saturated carbocycles. The Bertz CT molecular complexity index is 480. The second kappa shape index (κ2) is 7.18. The summed E-state index contributed by atoms with van der Waals surface area (Å²) < 4.78 is 0. The lowest BCUT2D eigenvalue weighted by molar-refractivity contribution is 0.422. The predicted molar refractivity (Wildman–Crippen MR) is 95.7 cm³/mol. The molecule has 1 aromatic rings. The predicted octanol–water partition coefficient (Wildman–Crippen LogP) is 2.76. The van der Waals surface area contributed by atoms with Crippen LogP contribution in [0.2, 0.25) is 0 Å². The van der Waals surface area contributed by atoms with Crippen molar-refractivity contribution in [3.8, 4) is 0 Å². The van der Waals surface area contributed by atoms with Gasteiger partial charge >= 0.3 is 0 Å². The molecule has 1 saturated heterocycles. The third kappa shape index (κ3) is 4.50. The Labute approximate surface area is 134 Å². The van der Waals surface area contributed by atoms with E-state index in [1.807, 2.05) is 7.05 Å². The topological polar surface area (TPSA) is 66.2 Å². The second-order valence-electron chi connectivity index (χ2n) is 7.42. The van der Waals surface area contributed by atoms with E-state index in [1.165, 1.54) is 12.8 Å². The Morgan fingerprint density at radius 1 is 1.36 bits per heavy atom. The molecule has 0 aliphatic carbocycles. The lowest BCUT2D eigenvalue weighted by atomic mass is 9.97. The fourth-order valence-corrected chi connectivity index (χ4v) is 2.78. The molecule has 1 unspecified atom stereocenters. The van der Waals surface area contributed by atoms with Crippen LogP contribution in [0, 0.1) is 11.3 Å². The normalized spacial score (nSPS) is 19.1. The van der Waals surface area contributed by atoms with Crippen LogP contribution in [-0.2, 0) is 0 Å². The van der Waals surface area contributed by atoms with E-state index in [0.29, 0.717) is 5.92 Å². The van der Waals surface area contributed by atoms with Crippen molar-refractivity contribution in [2.45, 2.75) is 33.6 Å². The maximum absolute atomic E-state index is 5.83. The minimum absolute atomic E-state index is 0.241. The van der Waals surface area contributed by atoms with E-state index in [9.17, 15) is 0 Å². The lowest BCUT2D eigenvalue weighted by Gasteiger charge is -2.33. The molecule has 0 amide bonds. The van der Waals surface area contributed by atoms with Crippen LogP contribution >= 0.6 is 0 Å². The second-order valence-corrected chi connectivity index (χ2v) is 7.42. The summed E-state index contributed by atoms with van der Waals surface area (Å²) in [5.41, 5.74) is 7.14. The standard InChI is InChI=1S/C17H31N5/c1-17(2,3)12-20-14-7-8-15(21-16(14)19-4)22-9-5-6-13(10-18)11-22/h7-8,13,20H,5-6,9-12,18H2,1-4H3,(H,19,21). The zero-order valence-corrected chi connectivity index (χ0v) is 14.4. The molecule has 1 aliphatic rings. The molecule has 2 heterocycles. The smallest absolute Gasteiger partial charge is 0.151 e. The molecule has 0 aromatic carbocycles. The maximum Gasteiger partial charge on any atom is 0.151 e. The molecule has 1 aliphatic heterocycles. The fraction of sp³-hybridized carbons (Fsp3) is 0.706. The summed E-state index contributed by atoms with van der Waals surface area (Å²) in [7, 11) is 1.92. The summed E-state index contributed by atoms with van der Waals surface area (Å²) in [4.78, 5) is 7.15. The minimum Gasteiger partial charge on any atom is -0.382 e. The van der Waals surface area contributed by atoms with Gasteiger partial charge in [0, 0.05) is 26.7 Å². The first-order valence-electron chi connectivity index (χ1n) is 8.30. The fourth-order valence-electron chi connectivity index (χ4n) is 2.78.